The van der Waals surface area contributed by atoms with Crippen molar-refractivity contribution in [3.05, 3.63) is 101 Å². The first-order valence-corrected chi connectivity index (χ1v) is 12.5. The molecule has 4 aromatic rings. The fraction of sp³-hybridized carbons (Fsp3) is 0.258. The van der Waals surface area contributed by atoms with Gasteiger partial charge >= 0.3 is 5.97 Å². The Morgan fingerprint density at radius 1 is 1.00 bits per heavy atom. The van der Waals surface area contributed by atoms with E-state index in [-0.39, 0.29) is 12.1 Å². The van der Waals surface area contributed by atoms with Crippen LogP contribution in [0.4, 0.5) is 11.4 Å². The lowest BCUT2D eigenvalue weighted by Gasteiger charge is -2.37. The number of carbonyl (C=O) groups is 1. The van der Waals surface area contributed by atoms with E-state index in [1.807, 2.05) is 50.2 Å². The highest BCUT2D eigenvalue weighted by Crippen LogP contribution is 2.40. The van der Waals surface area contributed by atoms with Gasteiger partial charge in [0.15, 0.2) is 0 Å². The molecule has 5 rings (SSSR count). The molecule has 2 atom stereocenters. The second-order valence-electron chi connectivity index (χ2n) is 9.56. The minimum absolute atomic E-state index is 0.0268. The minimum atomic E-state index is -0.892. The summed E-state index contributed by atoms with van der Waals surface area (Å²) in [5, 5.41) is 16.0. The Morgan fingerprint density at radius 3 is 2.58 bits per heavy atom. The van der Waals surface area contributed by atoms with Crippen molar-refractivity contribution >= 4 is 28.1 Å². The van der Waals surface area contributed by atoms with Crippen LogP contribution in [0.25, 0.3) is 10.8 Å². The molecule has 0 saturated heterocycles. The monoisotopic (exact) mass is 480 g/mol. The lowest BCUT2D eigenvalue weighted by atomic mass is 9.99. The Morgan fingerprint density at radius 2 is 1.75 bits per heavy atom. The Labute approximate surface area is 212 Å². The van der Waals surface area contributed by atoms with Crippen LogP contribution < -0.4 is 15.0 Å². The van der Waals surface area contributed by atoms with Crippen molar-refractivity contribution in [3.63, 3.8) is 0 Å². The number of carboxylic acids is 1. The van der Waals surface area contributed by atoms with E-state index >= 15 is 0 Å². The van der Waals surface area contributed by atoms with Crippen LogP contribution in [0.15, 0.2) is 78.9 Å². The number of hydrogen-bond donors (Lipinski definition) is 2. The molecule has 0 aromatic heterocycles. The van der Waals surface area contributed by atoms with Gasteiger partial charge in [0.05, 0.1) is 17.8 Å². The molecule has 2 N–H and O–H groups in total. The SMILES string of the molecule is Cc1ccc(N2CC(CCNC(C)c3cccc4ccccc34)Oc3ccccc32)c(C)c1C(=O)O. The van der Waals surface area contributed by atoms with Crippen molar-refractivity contribution in [2.45, 2.75) is 39.3 Å². The Hall–Kier alpha value is -3.83. The third-order valence-electron chi connectivity index (χ3n) is 7.19. The van der Waals surface area contributed by atoms with Gasteiger partial charge in [-0.1, -0.05) is 60.7 Å². The minimum Gasteiger partial charge on any atom is -0.486 e. The van der Waals surface area contributed by atoms with Crippen LogP contribution in [0.3, 0.4) is 0 Å². The highest BCUT2D eigenvalue weighted by Gasteiger charge is 2.28. The van der Waals surface area contributed by atoms with Crippen molar-refractivity contribution in [2.75, 3.05) is 18.0 Å². The molecular formula is C31H32N2O3. The summed E-state index contributed by atoms with van der Waals surface area (Å²) < 4.78 is 6.38. The summed E-state index contributed by atoms with van der Waals surface area (Å²) >= 11 is 0. The van der Waals surface area contributed by atoms with E-state index in [1.54, 1.807) is 0 Å². The molecule has 0 saturated carbocycles. The Bertz CT molecular complexity index is 1410. The molecule has 0 radical (unpaired) electrons. The zero-order valence-electron chi connectivity index (χ0n) is 21.0. The van der Waals surface area contributed by atoms with Gasteiger partial charge < -0.3 is 20.1 Å². The van der Waals surface area contributed by atoms with E-state index in [0.717, 1.165) is 41.2 Å². The zero-order valence-corrected chi connectivity index (χ0v) is 21.0. The summed E-state index contributed by atoms with van der Waals surface area (Å²) in [5.74, 6) is -0.0655. The van der Waals surface area contributed by atoms with Crippen LogP contribution >= 0.6 is 0 Å². The molecule has 0 spiro atoms. The highest BCUT2D eigenvalue weighted by atomic mass is 16.5. The van der Waals surface area contributed by atoms with E-state index in [9.17, 15) is 9.90 Å². The number of ether oxygens (including phenoxy) is 1. The maximum absolute atomic E-state index is 11.9. The van der Waals surface area contributed by atoms with Gasteiger partial charge in [0.1, 0.15) is 11.9 Å². The van der Waals surface area contributed by atoms with Crippen LogP contribution in [0, 0.1) is 13.8 Å². The summed E-state index contributed by atoms with van der Waals surface area (Å²) in [6.45, 7) is 7.40. The smallest absolute Gasteiger partial charge is 0.336 e. The number of rotatable bonds is 7. The number of nitrogens with one attached hydrogen (secondary N) is 1. The van der Waals surface area contributed by atoms with Gasteiger partial charge in [-0.2, -0.15) is 0 Å². The normalized spacial score (nSPS) is 15.9. The van der Waals surface area contributed by atoms with Crippen LogP contribution in [0.2, 0.25) is 0 Å². The molecular weight excluding hydrogens is 448 g/mol. The van der Waals surface area contributed by atoms with Gasteiger partial charge in [-0.15, -0.1) is 0 Å². The first kappa shape index (κ1) is 23.9. The number of para-hydroxylation sites is 2. The number of nitrogens with zero attached hydrogens (tertiary/aromatic N) is 1. The third kappa shape index (κ3) is 4.54. The second-order valence-corrected chi connectivity index (χ2v) is 9.56. The van der Waals surface area contributed by atoms with Crippen molar-refractivity contribution < 1.29 is 14.6 Å². The molecule has 2 unspecified atom stereocenters. The number of carboxylic acid groups (broad SMARTS) is 1. The van der Waals surface area contributed by atoms with E-state index in [4.69, 9.17) is 4.74 Å². The molecule has 0 fully saturated rings. The number of aryl methyl sites for hydroxylation is 1. The predicted octanol–water partition coefficient (Wildman–Crippen LogP) is 6.79. The molecule has 0 bridgehead atoms. The zero-order chi connectivity index (χ0) is 25.2. The Kier molecular flexibility index (Phi) is 6.66. The van der Waals surface area contributed by atoms with Crippen molar-refractivity contribution in [1.29, 1.82) is 0 Å². The summed E-state index contributed by atoms with van der Waals surface area (Å²) in [7, 11) is 0. The quantitative estimate of drug-likeness (QED) is 0.305. The first-order valence-electron chi connectivity index (χ1n) is 12.5. The fourth-order valence-corrected chi connectivity index (χ4v) is 5.33. The van der Waals surface area contributed by atoms with Gasteiger partial charge in [-0.3, -0.25) is 0 Å². The highest BCUT2D eigenvalue weighted by molar-refractivity contribution is 5.94. The molecule has 0 aliphatic carbocycles. The van der Waals surface area contributed by atoms with E-state index in [0.29, 0.717) is 12.1 Å². The maximum Gasteiger partial charge on any atom is 0.336 e. The molecule has 36 heavy (non-hydrogen) atoms. The van der Waals surface area contributed by atoms with Crippen molar-refractivity contribution in [1.82, 2.24) is 5.32 Å². The molecule has 5 nitrogen and oxygen atoms in total. The fourth-order valence-electron chi connectivity index (χ4n) is 5.33. The number of benzene rings is 4. The van der Waals surface area contributed by atoms with Gasteiger partial charge in [0.2, 0.25) is 0 Å². The maximum atomic E-state index is 11.9. The average molecular weight is 481 g/mol. The van der Waals surface area contributed by atoms with Crippen LogP contribution in [-0.2, 0) is 0 Å². The van der Waals surface area contributed by atoms with Crippen molar-refractivity contribution in [3.8, 4) is 5.75 Å². The summed E-state index contributed by atoms with van der Waals surface area (Å²) in [5.41, 5.74) is 5.10. The molecule has 5 heteroatoms. The molecule has 1 heterocycles. The summed E-state index contributed by atoms with van der Waals surface area (Å²) in [6.07, 6.45) is 0.803. The van der Waals surface area contributed by atoms with E-state index < -0.39 is 5.97 Å². The number of aromatic carboxylic acids is 1. The topological polar surface area (TPSA) is 61.8 Å². The van der Waals surface area contributed by atoms with E-state index in [1.165, 1.54) is 16.3 Å². The van der Waals surface area contributed by atoms with Gasteiger partial charge in [-0.25, -0.2) is 4.79 Å². The summed E-state index contributed by atoms with van der Waals surface area (Å²) in [6, 6.07) is 27.1. The van der Waals surface area contributed by atoms with Crippen molar-refractivity contribution in [2.24, 2.45) is 0 Å². The number of fused-ring (bicyclic) bond motifs is 2. The van der Waals surface area contributed by atoms with Gasteiger partial charge in [0.25, 0.3) is 0 Å². The lowest BCUT2D eigenvalue weighted by molar-refractivity contribution is 0.0695. The Balaban J connectivity index is 1.34. The molecule has 0 amide bonds. The number of hydrogen-bond acceptors (Lipinski definition) is 4. The van der Waals surface area contributed by atoms with Gasteiger partial charge in [-0.05, 0) is 79.4 Å². The summed E-state index contributed by atoms with van der Waals surface area (Å²) in [4.78, 5) is 14.1. The molecule has 184 valence electrons. The lowest BCUT2D eigenvalue weighted by Crippen LogP contribution is -2.39. The second kappa shape index (κ2) is 10.0. The largest absolute Gasteiger partial charge is 0.486 e. The van der Waals surface area contributed by atoms with E-state index in [2.05, 4.69) is 59.6 Å². The van der Waals surface area contributed by atoms with Crippen LogP contribution in [0.5, 0.6) is 5.75 Å². The van der Waals surface area contributed by atoms with Gasteiger partial charge in [0, 0.05) is 11.7 Å². The predicted molar refractivity (Wildman–Crippen MR) is 146 cm³/mol. The van der Waals surface area contributed by atoms with Crippen LogP contribution in [-0.4, -0.2) is 30.3 Å². The first-order chi connectivity index (χ1) is 17.4. The third-order valence-corrected chi connectivity index (χ3v) is 7.19. The van der Waals surface area contributed by atoms with Crippen LogP contribution in [0.1, 0.15) is 46.4 Å². The standard InChI is InChI=1S/C31H32N2O3/c1-20-15-16-27(21(2)30(20)31(34)35)33-19-24(36-29-14-7-6-13-28(29)33)17-18-32-22(3)25-12-8-10-23-9-4-5-11-26(23)25/h4-16,22,24,32H,17-19H2,1-3H3,(H,34,35). The number of anilines is 2. The molecule has 1 aliphatic heterocycles. The average Bonchev–Trinajstić information content (AvgIpc) is 2.88. The molecule has 1 aliphatic rings. The molecule has 4 aromatic carbocycles.